The lowest BCUT2D eigenvalue weighted by Crippen LogP contribution is -2.42. The summed E-state index contributed by atoms with van der Waals surface area (Å²) in [6, 6.07) is -1.07. The highest BCUT2D eigenvalue weighted by Crippen LogP contribution is 2.29. The summed E-state index contributed by atoms with van der Waals surface area (Å²) in [6.07, 6.45) is -2.85. The van der Waals surface area contributed by atoms with Crippen LogP contribution in [0.25, 0.3) is 0 Å². The normalized spacial score (nSPS) is 13.4. The van der Waals surface area contributed by atoms with Crippen LogP contribution in [-0.2, 0) is 17.1 Å². The van der Waals surface area contributed by atoms with Crippen LogP contribution in [0.2, 0.25) is 5.02 Å². The Morgan fingerprint density at radius 3 is 2.50 bits per heavy atom. The Morgan fingerprint density at radius 2 is 1.96 bits per heavy atom. The molecule has 2 N–H and O–H groups in total. The SMILES string of the molecule is Cc1cc(NC(=O)c2c(Cl)c(S(=O)(=O)N[C@H](C)C(F)(F)F)cn2C)cnc1F. The van der Waals surface area contributed by atoms with Gasteiger partial charge in [-0.2, -0.15) is 22.3 Å². The van der Waals surface area contributed by atoms with Crippen LogP contribution in [0.3, 0.4) is 0 Å². The number of nitrogens with zero attached hydrogens (tertiary/aromatic N) is 2. The first-order valence-corrected chi connectivity index (χ1v) is 9.47. The van der Waals surface area contributed by atoms with Gasteiger partial charge in [0.2, 0.25) is 16.0 Å². The molecule has 13 heteroatoms. The van der Waals surface area contributed by atoms with Crippen molar-refractivity contribution in [1.29, 1.82) is 0 Å². The van der Waals surface area contributed by atoms with Crippen LogP contribution in [0.4, 0.5) is 23.2 Å². The quantitative estimate of drug-likeness (QED) is 0.550. The first-order chi connectivity index (χ1) is 12.7. The molecule has 1 atom stereocenters. The highest BCUT2D eigenvalue weighted by Gasteiger charge is 2.40. The molecule has 0 aromatic carbocycles. The number of aryl methyl sites for hydroxylation is 2. The van der Waals surface area contributed by atoms with Crippen LogP contribution in [0, 0.1) is 12.9 Å². The van der Waals surface area contributed by atoms with Crippen LogP contribution in [0.5, 0.6) is 0 Å². The second kappa shape index (κ2) is 7.68. The number of halogens is 5. The molecule has 7 nitrogen and oxygen atoms in total. The second-order valence-corrected chi connectivity index (χ2v) is 8.00. The molecule has 2 heterocycles. The van der Waals surface area contributed by atoms with Gasteiger partial charge in [0.1, 0.15) is 16.6 Å². The standard InChI is InChI=1S/C15H15ClF4N4O3S/c1-7-4-9(5-21-13(7)17)22-14(25)12-11(16)10(6-24(12)3)28(26,27)23-8(2)15(18,19)20/h4-6,8,23H,1-3H3,(H,22,25)/t8-/m1/s1. The summed E-state index contributed by atoms with van der Waals surface area (Å²) >= 11 is 5.97. The minimum absolute atomic E-state index is 0.120. The van der Waals surface area contributed by atoms with Gasteiger partial charge in [-0.15, -0.1) is 0 Å². The Balaban J connectivity index is 2.34. The molecule has 0 radical (unpaired) electrons. The lowest BCUT2D eigenvalue weighted by Gasteiger charge is -2.16. The molecule has 0 aliphatic carbocycles. The number of alkyl halides is 3. The van der Waals surface area contributed by atoms with Crippen molar-refractivity contribution in [2.45, 2.75) is 31.0 Å². The third-order valence-corrected chi connectivity index (χ3v) is 5.73. The number of aromatic nitrogens is 2. The molecule has 0 aliphatic heterocycles. The Kier molecular flexibility index (Phi) is 6.07. The van der Waals surface area contributed by atoms with Crippen LogP contribution in [0.15, 0.2) is 23.4 Å². The molecule has 154 valence electrons. The van der Waals surface area contributed by atoms with Gasteiger partial charge in [0, 0.05) is 18.8 Å². The zero-order valence-electron chi connectivity index (χ0n) is 14.7. The predicted octanol–water partition coefficient (Wildman–Crippen LogP) is 3.00. The van der Waals surface area contributed by atoms with Gasteiger partial charge in [-0.25, -0.2) is 13.4 Å². The number of pyridine rings is 1. The molecule has 28 heavy (non-hydrogen) atoms. The van der Waals surface area contributed by atoms with E-state index in [9.17, 15) is 30.8 Å². The number of hydrogen-bond donors (Lipinski definition) is 2. The maximum absolute atomic E-state index is 13.2. The highest BCUT2D eigenvalue weighted by molar-refractivity contribution is 7.89. The molecule has 0 bridgehead atoms. The van der Waals surface area contributed by atoms with E-state index in [1.807, 2.05) is 0 Å². The number of hydrogen-bond acceptors (Lipinski definition) is 4. The first kappa shape index (κ1) is 22.1. The summed E-state index contributed by atoms with van der Waals surface area (Å²) in [7, 11) is -3.37. The maximum atomic E-state index is 13.2. The van der Waals surface area contributed by atoms with Crippen molar-refractivity contribution in [1.82, 2.24) is 14.3 Å². The van der Waals surface area contributed by atoms with Crippen molar-refractivity contribution in [3.8, 4) is 0 Å². The third-order valence-electron chi connectivity index (χ3n) is 3.69. The van der Waals surface area contributed by atoms with Gasteiger partial charge in [0.05, 0.1) is 16.9 Å². The number of carbonyl (C=O) groups is 1. The smallest absolute Gasteiger partial charge is 0.344 e. The Bertz CT molecular complexity index is 1020. The van der Waals surface area contributed by atoms with Crippen LogP contribution < -0.4 is 10.0 Å². The van der Waals surface area contributed by atoms with E-state index in [4.69, 9.17) is 11.6 Å². The van der Waals surface area contributed by atoms with Gasteiger partial charge >= 0.3 is 6.18 Å². The molecule has 2 aromatic rings. The minimum Gasteiger partial charge on any atom is -0.344 e. The highest BCUT2D eigenvalue weighted by atomic mass is 35.5. The monoisotopic (exact) mass is 442 g/mol. The van der Waals surface area contributed by atoms with Gasteiger partial charge < -0.3 is 9.88 Å². The first-order valence-electron chi connectivity index (χ1n) is 7.61. The van der Waals surface area contributed by atoms with Gasteiger partial charge in [0.25, 0.3) is 5.91 Å². The maximum Gasteiger partial charge on any atom is 0.404 e. The van der Waals surface area contributed by atoms with Crippen LogP contribution in [-0.4, -0.2) is 36.1 Å². The van der Waals surface area contributed by atoms with Crippen LogP contribution >= 0.6 is 11.6 Å². The predicted molar refractivity (Wildman–Crippen MR) is 93.1 cm³/mol. The third kappa shape index (κ3) is 4.62. The van der Waals surface area contributed by atoms with E-state index in [0.717, 1.165) is 17.0 Å². The molecule has 0 unspecified atom stereocenters. The molecule has 2 rings (SSSR count). The van der Waals surface area contributed by atoms with E-state index in [1.54, 1.807) is 0 Å². The van der Waals surface area contributed by atoms with Crippen LogP contribution in [0.1, 0.15) is 23.0 Å². The van der Waals surface area contributed by atoms with Crippen molar-refractivity contribution in [3.05, 3.63) is 40.7 Å². The average molecular weight is 443 g/mol. The van der Waals surface area contributed by atoms with Crippen molar-refractivity contribution in [2.24, 2.45) is 7.05 Å². The summed E-state index contributed by atoms with van der Waals surface area (Å²) < 4.78 is 78.2. The molecule has 0 aliphatic rings. The fraction of sp³-hybridized carbons (Fsp3) is 0.333. The molecular formula is C15H15ClF4N4O3S. The summed E-state index contributed by atoms with van der Waals surface area (Å²) in [5, 5.41) is 1.81. The Morgan fingerprint density at radius 1 is 1.36 bits per heavy atom. The average Bonchev–Trinajstić information content (AvgIpc) is 2.85. The lowest BCUT2D eigenvalue weighted by atomic mass is 10.3. The van der Waals surface area contributed by atoms with Gasteiger partial charge in [-0.05, 0) is 19.9 Å². The molecule has 1 amide bonds. The summed E-state index contributed by atoms with van der Waals surface area (Å²) in [5.74, 6) is -1.58. The van der Waals surface area contributed by atoms with Crippen molar-refractivity contribution in [3.63, 3.8) is 0 Å². The van der Waals surface area contributed by atoms with E-state index >= 15 is 0 Å². The molecule has 0 saturated heterocycles. The fourth-order valence-corrected chi connectivity index (χ4v) is 4.12. The number of anilines is 1. The molecule has 2 aromatic heterocycles. The van der Waals surface area contributed by atoms with E-state index in [-0.39, 0.29) is 16.9 Å². The summed E-state index contributed by atoms with van der Waals surface area (Å²) in [4.78, 5) is 15.2. The zero-order chi connectivity index (χ0) is 21.4. The minimum atomic E-state index is -4.80. The Hall–Kier alpha value is -2.18. The van der Waals surface area contributed by atoms with Gasteiger partial charge in [0.15, 0.2) is 0 Å². The number of carbonyl (C=O) groups excluding carboxylic acids is 1. The molecular weight excluding hydrogens is 428 g/mol. The topological polar surface area (TPSA) is 93.1 Å². The molecule has 0 spiro atoms. The van der Waals surface area contributed by atoms with Crippen molar-refractivity contribution in [2.75, 3.05) is 5.32 Å². The summed E-state index contributed by atoms with van der Waals surface area (Å²) in [6.45, 7) is 2.05. The van der Waals surface area contributed by atoms with E-state index in [2.05, 4.69) is 10.3 Å². The van der Waals surface area contributed by atoms with Gasteiger partial charge in [-0.1, -0.05) is 11.6 Å². The Labute approximate surface area is 162 Å². The largest absolute Gasteiger partial charge is 0.404 e. The number of rotatable bonds is 5. The molecule has 0 fully saturated rings. The molecule has 0 saturated carbocycles. The van der Waals surface area contributed by atoms with Crippen molar-refractivity contribution < 1.29 is 30.8 Å². The second-order valence-electron chi connectivity index (χ2n) is 5.94. The van der Waals surface area contributed by atoms with E-state index < -0.39 is 44.0 Å². The van der Waals surface area contributed by atoms with E-state index in [1.165, 1.54) is 24.8 Å². The van der Waals surface area contributed by atoms with Crippen molar-refractivity contribution >= 4 is 33.2 Å². The fourth-order valence-electron chi connectivity index (χ4n) is 2.20. The van der Waals surface area contributed by atoms with Gasteiger partial charge in [-0.3, -0.25) is 4.79 Å². The number of amides is 1. The number of sulfonamides is 1. The number of nitrogens with one attached hydrogen (secondary N) is 2. The zero-order valence-corrected chi connectivity index (χ0v) is 16.3. The lowest BCUT2D eigenvalue weighted by molar-refractivity contribution is -0.147. The summed E-state index contributed by atoms with van der Waals surface area (Å²) in [5.41, 5.74) is -0.0394. The van der Waals surface area contributed by atoms with E-state index in [0.29, 0.717) is 6.92 Å².